The average molecular weight is 261 g/mol. The van der Waals surface area contributed by atoms with E-state index >= 15 is 0 Å². The van der Waals surface area contributed by atoms with Crippen LogP contribution in [0.4, 0.5) is 0 Å². The minimum Gasteiger partial charge on any atom is -0.434 e. The zero-order valence-electron chi connectivity index (χ0n) is 11.3. The van der Waals surface area contributed by atoms with E-state index in [1.807, 2.05) is 25.3 Å². The molecule has 19 heavy (non-hydrogen) atoms. The second kappa shape index (κ2) is 6.84. The lowest BCUT2D eigenvalue weighted by Crippen LogP contribution is -2.15. The SMILES string of the molecule is CCCNCc1ccc(Oc2cnn(CC)c2)nn1. The Hall–Kier alpha value is -1.95. The Morgan fingerprint density at radius 2 is 2.16 bits per heavy atom. The van der Waals surface area contributed by atoms with Crippen molar-refractivity contribution < 1.29 is 4.74 Å². The molecule has 1 N–H and O–H groups in total. The van der Waals surface area contributed by atoms with Crippen molar-refractivity contribution in [2.24, 2.45) is 0 Å². The van der Waals surface area contributed by atoms with Crippen LogP contribution in [0.5, 0.6) is 11.6 Å². The van der Waals surface area contributed by atoms with Crippen molar-refractivity contribution in [1.82, 2.24) is 25.3 Å². The molecular formula is C13H19N5O. The molecule has 0 saturated carbocycles. The van der Waals surface area contributed by atoms with Gasteiger partial charge in [0.1, 0.15) is 0 Å². The molecule has 0 radical (unpaired) electrons. The van der Waals surface area contributed by atoms with Gasteiger partial charge in [0, 0.05) is 19.2 Å². The van der Waals surface area contributed by atoms with Crippen LogP contribution in [0.25, 0.3) is 0 Å². The van der Waals surface area contributed by atoms with Gasteiger partial charge in [-0.15, -0.1) is 5.10 Å². The summed E-state index contributed by atoms with van der Waals surface area (Å²) in [5.74, 6) is 1.16. The molecule has 0 amide bonds. The Labute approximate surface area is 112 Å². The van der Waals surface area contributed by atoms with Crippen LogP contribution in [0.15, 0.2) is 24.5 Å². The molecule has 0 fully saturated rings. The van der Waals surface area contributed by atoms with Crippen molar-refractivity contribution in [3.63, 3.8) is 0 Å². The Balaban J connectivity index is 1.90. The van der Waals surface area contributed by atoms with Crippen molar-refractivity contribution in [1.29, 1.82) is 0 Å². The van der Waals surface area contributed by atoms with E-state index < -0.39 is 0 Å². The van der Waals surface area contributed by atoms with E-state index in [1.54, 1.807) is 10.9 Å². The zero-order chi connectivity index (χ0) is 13.5. The highest BCUT2D eigenvalue weighted by atomic mass is 16.5. The molecule has 0 saturated heterocycles. The van der Waals surface area contributed by atoms with Gasteiger partial charge in [-0.3, -0.25) is 4.68 Å². The van der Waals surface area contributed by atoms with E-state index in [0.29, 0.717) is 11.6 Å². The van der Waals surface area contributed by atoms with E-state index in [1.165, 1.54) is 0 Å². The summed E-state index contributed by atoms with van der Waals surface area (Å²) in [5.41, 5.74) is 0.907. The zero-order valence-corrected chi connectivity index (χ0v) is 11.3. The average Bonchev–Trinajstić information content (AvgIpc) is 2.89. The monoisotopic (exact) mass is 261 g/mol. The number of nitrogens with one attached hydrogen (secondary N) is 1. The standard InChI is InChI=1S/C13H19N5O/c1-3-7-14-8-11-5-6-13(17-16-11)19-12-9-15-18(4-2)10-12/h5-6,9-10,14H,3-4,7-8H2,1-2H3. The molecular weight excluding hydrogens is 242 g/mol. The van der Waals surface area contributed by atoms with Gasteiger partial charge in [0.05, 0.1) is 18.1 Å². The first-order valence-electron chi connectivity index (χ1n) is 6.55. The van der Waals surface area contributed by atoms with E-state index in [-0.39, 0.29) is 0 Å². The van der Waals surface area contributed by atoms with Gasteiger partial charge >= 0.3 is 0 Å². The Kier molecular flexibility index (Phi) is 4.85. The van der Waals surface area contributed by atoms with E-state index in [0.717, 1.165) is 31.7 Å². The Bertz CT molecular complexity index is 494. The number of hydrogen-bond acceptors (Lipinski definition) is 5. The first-order chi connectivity index (χ1) is 9.31. The van der Waals surface area contributed by atoms with Gasteiger partial charge in [0.25, 0.3) is 0 Å². The summed E-state index contributed by atoms with van der Waals surface area (Å²) < 4.78 is 7.36. The molecule has 0 aromatic carbocycles. The van der Waals surface area contributed by atoms with Crippen LogP contribution >= 0.6 is 0 Å². The molecule has 0 aliphatic rings. The topological polar surface area (TPSA) is 64.9 Å². The summed E-state index contributed by atoms with van der Waals surface area (Å²) in [7, 11) is 0. The third kappa shape index (κ3) is 4.03. The summed E-state index contributed by atoms with van der Waals surface area (Å²) in [6, 6.07) is 3.73. The molecule has 2 heterocycles. The van der Waals surface area contributed by atoms with Gasteiger partial charge in [-0.2, -0.15) is 10.2 Å². The summed E-state index contributed by atoms with van der Waals surface area (Å²) in [4.78, 5) is 0. The maximum Gasteiger partial charge on any atom is 0.239 e. The Morgan fingerprint density at radius 1 is 1.26 bits per heavy atom. The molecule has 0 aliphatic carbocycles. The van der Waals surface area contributed by atoms with Crippen LogP contribution in [0, 0.1) is 0 Å². The van der Waals surface area contributed by atoms with Crippen LogP contribution in [0.3, 0.4) is 0 Å². The molecule has 0 spiro atoms. The maximum absolute atomic E-state index is 5.56. The number of ether oxygens (including phenoxy) is 1. The molecule has 2 rings (SSSR count). The highest BCUT2D eigenvalue weighted by Crippen LogP contribution is 2.17. The molecule has 0 unspecified atom stereocenters. The van der Waals surface area contributed by atoms with Crippen molar-refractivity contribution in [3.05, 3.63) is 30.2 Å². The second-order valence-corrected chi connectivity index (χ2v) is 4.17. The number of rotatable bonds is 7. The smallest absolute Gasteiger partial charge is 0.239 e. The summed E-state index contributed by atoms with van der Waals surface area (Å²) in [6.45, 7) is 6.68. The summed E-state index contributed by atoms with van der Waals surface area (Å²) in [6.07, 6.45) is 4.61. The first kappa shape index (κ1) is 13.5. The first-order valence-corrected chi connectivity index (χ1v) is 6.55. The van der Waals surface area contributed by atoms with Crippen LogP contribution < -0.4 is 10.1 Å². The van der Waals surface area contributed by atoms with E-state index in [2.05, 4.69) is 27.5 Å². The van der Waals surface area contributed by atoms with Crippen molar-refractivity contribution in [2.75, 3.05) is 6.54 Å². The van der Waals surface area contributed by atoms with Crippen LogP contribution in [-0.2, 0) is 13.1 Å². The van der Waals surface area contributed by atoms with Crippen LogP contribution in [-0.4, -0.2) is 26.5 Å². The van der Waals surface area contributed by atoms with Gasteiger partial charge in [-0.05, 0) is 26.0 Å². The largest absolute Gasteiger partial charge is 0.434 e. The number of hydrogen-bond donors (Lipinski definition) is 1. The lowest BCUT2D eigenvalue weighted by atomic mass is 10.3. The number of nitrogens with zero attached hydrogens (tertiary/aromatic N) is 4. The predicted molar refractivity (Wildman–Crippen MR) is 72.0 cm³/mol. The highest BCUT2D eigenvalue weighted by Gasteiger charge is 2.03. The normalized spacial score (nSPS) is 10.6. The molecule has 0 bridgehead atoms. The minimum atomic E-state index is 0.481. The van der Waals surface area contributed by atoms with E-state index in [4.69, 9.17) is 4.74 Å². The fourth-order valence-corrected chi connectivity index (χ4v) is 1.58. The summed E-state index contributed by atoms with van der Waals surface area (Å²) >= 11 is 0. The fraction of sp³-hybridized carbons (Fsp3) is 0.462. The predicted octanol–water partition coefficient (Wildman–Crippen LogP) is 1.98. The third-order valence-corrected chi connectivity index (χ3v) is 2.58. The highest BCUT2D eigenvalue weighted by molar-refractivity contribution is 5.21. The molecule has 6 nitrogen and oxygen atoms in total. The minimum absolute atomic E-state index is 0.481. The van der Waals surface area contributed by atoms with Gasteiger partial charge in [0.2, 0.25) is 5.88 Å². The maximum atomic E-state index is 5.56. The van der Waals surface area contributed by atoms with E-state index in [9.17, 15) is 0 Å². The van der Waals surface area contributed by atoms with Crippen molar-refractivity contribution in [3.8, 4) is 11.6 Å². The van der Waals surface area contributed by atoms with Crippen molar-refractivity contribution >= 4 is 0 Å². The Morgan fingerprint density at radius 3 is 2.79 bits per heavy atom. The third-order valence-electron chi connectivity index (χ3n) is 2.58. The summed E-state index contributed by atoms with van der Waals surface area (Å²) in [5, 5.41) is 15.6. The molecule has 2 aromatic heterocycles. The van der Waals surface area contributed by atoms with Gasteiger partial charge < -0.3 is 10.1 Å². The lowest BCUT2D eigenvalue weighted by molar-refractivity contribution is 0.452. The van der Waals surface area contributed by atoms with Crippen molar-refractivity contribution in [2.45, 2.75) is 33.4 Å². The van der Waals surface area contributed by atoms with Gasteiger partial charge in [0.15, 0.2) is 5.75 Å². The molecule has 102 valence electrons. The fourth-order valence-electron chi connectivity index (χ4n) is 1.58. The van der Waals surface area contributed by atoms with Crippen LogP contribution in [0.1, 0.15) is 26.0 Å². The molecule has 2 aromatic rings. The lowest BCUT2D eigenvalue weighted by Gasteiger charge is -2.03. The number of aromatic nitrogens is 4. The second-order valence-electron chi connectivity index (χ2n) is 4.17. The molecule has 0 aliphatic heterocycles. The quantitative estimate of drug-likeness (QED) is 0.772. The number of aryl methyl sites for hydroxylation is 1. The van der Waals surface area contributed by atoms with Gasteiger partial charge in [-0.1, -0.05) is 6.92 Å². The molecule has 0 atom stereocenters. The molecule has 6 heteroatoms. The van der Waals surface area contributed by atoms with Gasteiger partial charge in [-0.25, -0.2) is 0 Å². The van der Waals surface area contributed by atoms with Crippen LogP contribution in [0.2, 0.25) is 0 Å².